The van der Waals surface area contributed by atoms with Crippen LogP contribution in [0.3, 0.4) is 0 Å². The quantitative estimate of drug-likeness (QED) is 0.427. The molecule has 3 rings (SSSR count). The monoisotopic (exact) mass is 350 g/mol. The van der Waals surface area contributed by atoms with Crippen LogP contribution < -0.4 is 9.47 Å². The Balaban J connectivity index is 2.01. The number of methoxy groups -OCH3 is 2. The lowest BCUT2D eigenvalue weighted by Gasteiger charge is -2.08. The summed E-state index contributed by atoms with van der Waals surface area (Å²) < 4.78 is 23.7. The molecule has 0 saturated heterocycles. The number of carbonyl (C=O) groups is 1. The van der Waals surface area contributed by atoms with Gasteiger partial charge >= 0.3 is 0 Å². The summed E-state index contributed by atoms with van der Waals surface area (Å²) in [7, 11) is 3.03. The van der Waals surface area contributed by atoms with Crippen molar-refractivity contribution in [3.8, 4) is 17.6 Å². The number of fused-ring (bicyclic) bond motifs is 1. The third-order valence-corrected chi connectivity index (χ3v) is 3.97. The van der Waals surface area contributed by atoms with Crippen LogP contribution in [0.2, 0.25) is 0 Å². The van der Waals surface area contributed by atoms with Gasteiger partial charge in [0.2, 0.25) is 5.78 Å². The normalized spacial score (nSPS) is 11.2. The van der Waals surface area contributed by atoms with E-state index in [1.807, 2.05) is 6.07 Å². The fourth-order valence-corrected chi connectivity index (χ4v) is 2.69. The van der Waals surface area contributed by atoms with Crippen LogP contribution >= 0.6 is 0 Å². The first-order chi connectivity index (χ1) is 12.6. The largest absolute Gasteiger partial charge is 0.493 e. The van der Waals surface area contributed by atoms with E-state index in [0.29, 0.717) is 33.5 Å². The third kappa shape index (κ3) is 3.15. The fraction of sp³-hybridized carbons (Fsp3) is 0.100. The number of hydrogen-bond donors (Lipinski definition) is 1. The van der Waals surface area contributed by atoms with Gasteiger partial charge in [-0.05, 0) is 42.0 Å². The van der Waals surface area contributed by atoms with E-state index in [2.05, 4.69) is 4.98 Å². The summed E-state index contributed by atoms with van der Waals surface area (Å²) in [5.74, 6) is 0.196. The van der Waals surface area contributed by atoms with E-state index >= 15 is 0 Å². The maximum absolute atomic E-state index is 13.3. The van der Waals surface area contributed by atoms with E-state index in [0.717, 1.165) is 0 Å². The van der Waals surface area contributed by atoms with E-state index in [-0.39, 0.29) is 5.57 Å². The number of nitrogens with zero attached hydrogens (tertiary/aromatic N) is 1. The van der Waals surface area contributed by atoms with Crippen LogP contribution in [0.1, 0.15) is 15.9 Å². The Morgan fingerprint density at radius 1 is 1.15 bits per heavy atom. The highest BCUT2D eigenvalue weighted by Gasteiger charge is 2.17. The number of halogens is 1. The number of benzene rings is 2. The van der Waals surface area contributed by atoms with Crippen molar-refractivity contribution in [3.05, 3.63) is 65.1 Å². The topological polar surface area (TPSA) is 75.1 Å². The van der Waals surface area contributed by atoms with Gasteiger partial charge in [-0.25, -0.2) is 4.39 Å². The van der Waals surface area contributed by atoms with Crippen molar-refractivity contribution in [1.82, 2.24) is 4.98 Å². The van der Waals surface area contributed by atoms with Gasteiger partial charge in [0.1, 0.15) is 17.5 Å². The molecule has 130 valence electrons. The Kier molecular flexibility index (Phi) is 4.72. The molecule has 0 radical (unpaired) electrons. The highest BCUT2D eigenvalue weighted by molar-refractivity contribution is 6.19. The summed E-state index contributed by atoms with van der Waals surface area (Å²) in [6.07, 6.45) is 2.96. The lowest BCUT2D eigenvalue weighted by Crippen LogP contribution is -2.01. The van der Waals surface area contributed by atoms with Gasteiger partial charge in [0.05, 0.1) is 14.2 Å². The van der Waals surface area contributed by atoms with E-state index in [4.69, 9.17) is 9.47 Å². The highest BCUT2D eigenvalue weighted by Crippen LogP contribution is 2.29. The Morgan fingerprint density at radius 2 is 1.92 bits per heavy atom. The Morgan fingerprint density at radius 3 is 2.62 bits per heavy atom. The molecule has 3 aromatic rings. The number of aromatic amines is 1. The Labute approximate surface area is 149 Å². The first kappa shape index (κ1) is 17.2. The summed E-state index contributed by atoms with van der Waals surface area (Å²) in [5.41, 5.74) is 1.39. The average molecular weight is 350 g/mol. The van der Waals surface area contributed by atoms with Gasteiger partial charge in [-0.1, -0.05) is 6.07 Å². The summed E-state index contributed by atoms with van der Waals surface area (Å²) in [6.45, 7) is 0. The molecule has 0 atom stereocenters. The number of hydrogen-bond acceptors (Lipinski definition) is 4. The van der Waals surface area contributed by atoms with Gasteiger partial charge in [-0.3, -0.25) is 4.79 Å². The van der Waals surface area contributed by atoms with Crippen molar-refractivity contribution in [3.63, 3.8) is 0 Å². The molecule has 26 heavy (non-hydrogen) atoms. The third-order valence-electron chi connectivity index (χ3n) is 3.97. The number of nitrogens with one attached hydrogen (secondary N) is 1. The molecule has 6 heteroatoms. The maximum atomic E-state index is 13.3. The van der Waals surface area contributed by atoms with Crippen molar-refractivity contribution in [2.75, 3.05) is 14.2 Å². The molecule has 0 aliphatic carbocycles. The predicted molar refractivity (Wildman–Crippen MR) is 95.7 cm³/mol. The number of Topliss-reactive ketones (excluding diaryl/α,β-unsaturated/α-hetero) is 1. The van der Waals surface area contributed by atoms with Gasteiger partial charge in [0, 0.05) is 22.7 Å². The predicted octanol–water partition coefficient (Wildman–Crippen LogP) is 4.11. The summed E-state index contributed by atoms with van der Waals surface area (Å²) in [5, 5.41) is 9.99. The second-order valence-corrected chi connectivity index (χ2v) is 5.51. The van der Waals surface area contributed by atoms with Crippen molar-refractivity contribution in [1.29, 1.82) is 5.26 Å². The summed E-state index contributed by atoms with van der Waals surface area (Å²) in [6, 6.07) is 11.1. The molecule has 0 aliphatic heterocycles. The van der Waals surface area contributed by atoms with Gasteiger partial charge in [-0.15, -0.1) is 0 Å². The lowest BCUT2D eigenvalue weighted by atomic mass is 10.0. The van der Waals surface area contributed by atoms with E-state index in [1.54, 1.807) is 18.2 Å². The van der Waals surface area contributed by atoms with Crippen LogP contribution in [0.15, 0.2) is 48.2 Å². The zero-order valence-corrected chi connectivity index (χ0v) is 14.2. The van der Waals surface area contributed by atoms with Crippen molar-refractivity contribution in [2.24, 2.45) is 0 Å². The van der Waals surface area contributed by atoms with Gasteiger partial charge in [0.25, 0.3) is 0 Å². The molecule has 0 amide bonds. The fourth-order valence-electron chi connectivity index (χ4n) is 2.69. The van der Waals surface area contributed by atoms with Crippen LogP contribution in [-0.2, 0) is 0 Å². The van der Waals surface area contributed by atoms with Crippen molar-refractivity contribution >= 4 is 22.8 Å². The Bertz CT molecular complexity index is 1060. The van der Waals surface area contributed by atoms with E-state index in [9.17, 15) is 14.4 Å². The molecule has 0 spiro atoms. The standard InChI is InChI=1S/C20H15FN2O3/c1-25-18-6-3-12(8-19(18)26-2)7-13(10-22)20(24)16-11-23-17-9-14(21)4-5-15(16)17/h3-9,11,23H,1-2H3. The molecular formula is C20H15FN2O3. The Hall–Kier alpha value is -3.59. The minimum Gasteiger partial charge on any atom is -0.493 e. The molecule has 0 fully saturated rings. The van der Waals surface area contributed by atoms with Crippen LogP contribution in [0.25, 0.3) is 17.0 Å². The number of H-pyrrole nitrogens is 1. The number of ketones is 1. The highest BCUT2D eigenvalue weighted by atomic mass is 19.1. The van der Waals surface area contributed by atoms with Gasteiger partial charge in [-0.2, -0.15) is 5.26 Å². The molecular weight excluding hydrogens is 335 g/mol. The van der Waals surface area contributed by atoms with Crippen molar-refractivity contribution < 1.29 is 18.7 Å². The molecule has 5 nitrogen and oxygen atoms in total. The smallest absolute Gasteiger partial charge is 0.205 e. The molecule has 0 saturated carbocycles. The molecule has 1 heterocycles. The van der Waals surface area contributed by atoms with E-state index in [1.165, 1.54) is 44.7 Å². The number of carbonyl (C=O) groups excluding carboxylic acids is 1. The minimum atomic E-state index is -0.444. The number of ether oxygens (including phenoxy) is 2. The second kappa shape index (κ2) is 7.11. The van der Waals surface area contributed by atoms with Gasteiger partial charge in [0.15, 0.2) is 11.5 Å². The average Bonchev–Trinajstić information content (AvgIpc) is 3.08. The van der Waals surface area contributed by atoms with Crippen LogP contribution in [0, 0.1) is 17.1 Å². The lowest BCUT2D eigenvalue weighted by molar-refractivity contribution is 0.104. The molecule has 0 aliphatic rings. The zero-order valence-electron chi connectivity index (χ0n) is 14.2. The number of rotatable bonds is 5. The van der Waals surface area contributed by atoms with Crippen LogP contribution in [-0.4, -0.2) is 25.0 Å². The molecule has 1 aromatic heterocycles. The summed E-state index contributed by atoms with van der Waals surface area (Å²) >= 11 is 0. The SMILES string of the molecule is COc1ccc(C=C(C#N)C(=O)c2c[nH]c3cc(F)ccc23)cc1OC. The summed E-state index contributed by atoms with van der Waals surface area (Å²) in [4.78, 5) is 15.6. The first-order valence-electron chi connectivity index (χ1n) is 7.72. The molecule has 0 bridgehead atoms. The van der Waals surface area contributed by atoms with Crippen molar-refractivity contribution in [2.45, 2.75) is 0 Å². The van der Waals surface area contributed by atoms with E-state index < -0.39 is 11.6 Å². The number of aromatic nitrogens is 1. The van der Waals surface area contributed by atoms with Crippen LogP contribution in [0.5, 0.6) is 11.5 Å². The minimum absolute atomic E-state index is 0.0394. The molecule has 2 aromatic carbocycles. The number of nitriles is 1. The maximum Gasteiger partial charge on any atom is 0.205 e. The number of allylic oxidation sites excluding steroid dienone is 1. The zero-order chi connectivity index (χ0) is 18.7. The van der Waals surface area contributed by atoms with Gasteiger partial charge < -0.3 is 14.5 Å². The second-order valence-electron chi connectivity index (χ2n) is 5.51. The molecule has 0 unspecified atom stereocenters. The van der Waals surface area contributed by atoms with Crippen LogP contribution in [0.4, 0.5) is 4.39 Å². The first-order valence-corrected chi connectivity index (χ1v) is 7.72. The molecule has 1 N–H and O–H groups in total.